The van der Waals surface area contributed by atoms with E-state index in [1.54, 1.807) is 0 Å². The first-order valence-corrected chi connectivity index (χ1v) is 8.08. The van der Waals surface area contributed by atoms with Crippen LogP contribution < -0.4 is 16.8 Å². The van der Waals surface area contributed by atoms with Gasteiger partial charge in [-0.25, -0.2) is 9.59 Å². The van der Waals surface area contributed by atoms with Crippen LogP contribution in [0.15, 0.2) is 4.52 Å². The molecule has 0 aromatic carbocycles. The number of aliphatic carboxylic acids is 1. The summed E-state index contributed by atoms with van der Waals surface area (Å²) < 4.78 is 5.06. The molecule has 1 aromatic heterocycles. The molecule has 0 saturated carbocycles. The minimum atomic E-state index is -0.994. The number of nitrogens with zero attached hydrogens (tertiary/aromatic N) is 3. The number of hydrogen-bond donors (Lipinski definition) is 4. The first kappa shape index (κ1) is 18.1. The van der Waals surface area contributed by atoms with Crippen LogP contribution in [0, 0.1) is 0 Å². The van der Waals surface area contributed by atoms with Crippen LogP contribution in [-0.4, -0.2) is 51.3 Å². The Balaban J connectivity index is 1.82. The van der Waals surface area contributed by atoms with E-state index in [1.165, 1.54) is 4.90 Å². The van der Waals surface area contributed by atoms with E-state index in [9.17, 15) is 9.59 Å². The molecule has 2 rings (SSSR count). The molecular weight excluding hydrogens is 316 g/mol. The normalized spacial score (nSPS) is 18.6. The van der Waals surface area contributed by atoms with E-state index in [1.807, 2.05) is 0 Å². The summed E-state index contributed by atoms with van der Waals surface area (Å²) in [6.07, 6.45) is 3.60. The van der Waals surface area contributed by atoms with Gasteiger partial charge in [0.1, 0.15) is 6.04 Å². The average molecular weight is 340 g/mol. The quantitative estimate of drug-likeness (QED) is 0.479. The molecule has 2 atom stereocenters. The van der Waals surface area contributed by atoms with Crippen molar-refractivity contribution in [3.63, 3.8) is 0 Å². The van der Waals surface area contributed by atoms with Crippen molar-refractivity contribution in [3.05, 3.63) is 11.7 Å². The first-order valence-electron chi connectivity index (χ1n) is 8.08. The van der Waals surface area contributed by atoms with Crippen LogP contribution in [0.25, 0.3) is 0 Å². The summed E-state index contributed by atoms with van der Waals surface area (Å²) in [5.41, 5.74) is 11.4. The predicted molar refractivity (Wildman–Crippen MR) is 83.7 cm³/mol. The van der Waals surface area contributed by atoms with E-state index < -0.39 is 18.0 Å². The standard InChI is InChI=1S/C14H24N6O4/c15-6-2-1-4-9(16)12-18-11(24-19-12)8-17-14(23)20-7-3-5-10(20)13(21)22/h9-10H,1-8,15-16H2,(H,17,23)(H,21,22)/t9-,10+/m0/s1. The van der Waals surface area contributed by atoms with Gasteiger partial charge in [-0.2, -0.15) is 4.98 Å². The van der Waals surface area contributed by atoms with Gasteiger partial charge >= 0.3 is 12.0 Å². The molecule has 10 nitrogen and oxygen atoms in total. The lowest BCUT2D eigenvalue weighted by Crippen LogP contribution is -2.45. The summed E-state index contributed by atoms with van der Waals surface area (Å²) >= 11 is 0. The SMILES string of the molecule is NCCCC[C@H](N)c1noc(CNC(=O)N2CCC[C@@H]2C(=O)O)n1. The molecule has 0 bridgehead atoms. The number of nitrogens with one attached hydrogen (secondary N) is 1. The zero-order valence-corrected chi connectivity index (χ0v) is 13.5. The van der Waals surface area contributed by atoms with Crippen LogP contribution in [-0.2, 0) is 11.3 Å². The minimum Gasteiger partial charge on any atom is -0.480 e. The molecule has 6 N–H and O–H groups in total. The van der Waals surface area contributed by atoms with Crippen molar-refractivity contribution in [1.82, 2.24) is 20.4 Å². The molecule has 134 valence electrons. The number of rotatable bonds is 8. The number of hydrogen-bond acceptors (Lipinski definition) is 7. The fourth-order valence-electron chi connectivity index (χ4n) is 2.65. The third kappa shape index (κ3) is 4.65. The maximum absolute atomic E-state index is 12.1. The van der Waals surface area contributed by atoms with Crippen LogP contribution in [0.5, 0.6) is 0 Å². The molecule has 10 heteroatoms. The van der Waals surface area contributed by atoms with E-state index in [-0.39, 0.29) is 18.5 Å². The van der Waals surface area contributed by atoms with Gasteiger partial charge in [-0.3, -0.25) is 0 Å². The zero-order valence-electron chi connectivity index (χ0n) is 13.5. The van der Waals surface area contributed by atoms with Gasteiger partial charge in [-0.05, 0) is 32.2 Å². The maximum Gasteiger partial charge on any atom is 0.326 e. The zero-order chi connectivity index (χ0) is 17.5. The minimum absolute atomic E-state index is 0.0319. The Hall–Kier alpha value is -2.20. The molecule has 1 aromatic rings. The Morgan fingerprint density at radius 1 is 1.46 bits per heavy atom. The molecule has 0 spiro atoms. The van der Waals surface area contributed by atoms with Gasteiger partial charge in [-0.15, -0.1) is 0 Å². The lowest BCUT2D eigenvalue weighted by atomic mass is 10.1. The summed E-state index contributed by atoms with van der Waals surface area (Å²) in [6.45, 7) is 1.07. The van der Waals surface area contributed by atoms with E-state index in [4.69, 9.17) is 21.1 Å². The lowest BCUT2D eigenvalue weighted by molar-refractivity contribution is -0.141. The van der Waals surface area contributed by atoms with Crippen molar-refractivity contribution in [2.75, 3.05) is 13.1 Å². The third-order valence-corrected chi connectivity index (χ3v) is 3.97. The number of amides is 2. The van der Waals surface area contributed by atoms with Gasteiger partial charge in [0.15, 0.2) is 5.82 Å². The van der Waals surface area contributed by atoms with E-state index in [0.717, 1.165) is 12.8 Å². The summed E-state index contributed by atoms with van der Waals surface area (Å²) in [4.78, 5) is 28.6. The molecule has 1 aliphatic rings. The second-order valence-corrected chi connectivity index (χ2v) is 5.79. The van der Waals surface area contributed by atoms with Crippen molar-refractivity contribution < 1.29 is 19.2 Å². The maximum atomic E-state index is 12.1. The Morgan fingerprint density at radius 3 is 2.96 bits per heavy atom. The highest BCUT2D eigenvalue weighted by molar-refractivity contribution is 5.83. The Bertz CT molecular complexity index is 563. The van der Waals surface area contributed by atoms with Gasteiger partial charge in [0.05, 0.1) is 12.6 Å². The number of carbonyl (C=O) groups excluding carboxylic acids is 1. The number of likely N-dealkylation sites (tertiary alicyclic amines) is 1. The molecule has 0 aliphatic carbocycles. The monoisotopic (exact) mass is 340 g/mol. The number of carbonyl (C=O) groups is 2. The van der Waals surface area contributed by atoms with Crippen molar-refractivity contribution in [2.24, 2.45) is 11.5 Å². The van der Waals surface area contributed by atoms with Gasteiger partial charge in [0.25, 0.3) is 0 Å². The van der Waals surface area contributed by atoms with Gasteiger partial charge in [0, 0.05) is 6.54 Å². The number of carboxylic acids is 1. The van der Waals surface area contributed by atoms with Gasteiger partial charge in [-0.1, -0.05) is 11.6 Å². The number of aromatic nitrogens is 2. The van der Waals surface area contributed by atoms with Crippen molar-refractivity contribution in [2.45, 2.75) is 50.7 Å². The van der Waals surface area contributed by atoms with Crippen molar-refractivity contribution >= 4 is 12.0 Å². The summed E-state index contributed by atoms with van der Waals surface area (Å²) in [5, 5.41) is 15.5. The smallest absolute Gasteiger partial charge is 0.326 e. The fourth-order valence-corrected chi connectivity index (χ4v) is 2.65. The third-order valence-electron chi connectivity index (χ3n) is 3.97. The van der Waals surface area contributed by atoms with Crippen LogP contribution in [0.1, 0.15) is 49.9 Å². The first-order chi connectivity index (χ1) is 11.5. The van der Waals surface area contributed by atoms with Gasteiger partial charge < -0.3 is 31.3 Å². The van der Waals surface area contributed by atoms with Crippen LogP contribution >= 0.6 is 0 Å². The number of nitrogens with two attached hydrogens (primary N) is 2. The molecule has 2 amide bonds. The second kappa shape index (κ2) is 8.60. The lowest BCUT2D eigenvalue weighted by Gasteiger charge is -2.21. The summed E-state index contributed by atoms with van der Waals surface area (Å²) in [5.74, 6) is -0.370. The molecule has 24 heavy (non-hydrogen) atoms. The number of carboxylic acid groups (broad SMARTS) is 1. The van der Waals surface area contributed by atoms with E-state index in [2.05, 4.69) is 15.5 Å². The highest BCUT2D eigenvalue weighted by Gasteiger charge is 2.34. The molecule has 1 fully saturated rings. The highest BCUT2D eigenvalue weighted by atomic mass is 16.5. The summed E-state index contributed by atoms with van der Waals surface area (Å²) in [6, 6.07) is -1.56. The molecular formula is C14H24N6O4. The molecule has 0 radical (unpaired) electrons. The Morgan fingerprint density at radius 2 is 2.25 bits per heavy atom. The molecule has 1 saturated heterocycles. The molecule has 1 aliphatic heterocycles. The fraction of sp³-hybridized carbons (Fsp3) is 0.714. The summed E-state index contributed by atoms with van der Waals surface area (Å²) in [7, 11) is 0. The Labute approximate surface area is 139 Å². The van der Waals surface area contributed by atoms with Crippen LogP contribution in [0.4, 0.5) is 4.79 Å². The van der Waals surface area contributed by atoms with Crippen LogP contribution in [0.2, 0.25) is 0 Å². The van der Waals surface area contributed by atoms with Gasteiger partial charge in [0.2, 0.25) is 5.89 Å². The molecule has 2 heterocycles. The Kier molecular flexibility index (Phi) is 6.50. The second-order valence-electron chi connectivity index (χ2n) is 5.79. The predicted octanol–water partition coefficient (Wildman–Crippen LogP) is -0.0430. The van der Waals surface area contributed by atoms with E-state index >= 15 is 0 Å². The van der Waals surface area contributed by atoms with Crippen LogP contribution in [0.3, 0.4) is 0 Å². The topological polar surface area (TPSA) is 161 Å². The highest BCUT2D eigenvalue weighted by Crippen LogP contribution is 2.17. The molecule has 0 unspecified atom stereocenters. The largest absolute Gasteiger partial charge is 0.480 e. The number of unbranched alkanes of at least 4 members (excludes halogenated alkanes) is 1. The van der Waals surface area contributed by atoms with Crippen molar-refractivity contribution in [1.29, 1.82) is 0 Å². The number of urea groups is 1. The van der Waals surface area contributed by atoms with Crippen molar-refractivity contribution in [3.8, 4) is 0 Å². The van der Waals surface area contributed by atoms with E-state index in [0.29, 0.717) is 38.2 Å². The average Bonchev–Trinajstić information content (AvgIpc) is 3.22.